The Morgan fingerprint density at radius 1 is 1.21 bits per heavy atom. The summed E-state index contributed by atoms with van der Waals surface area (Å²) in [7, 11) is 0. The van der Waals surface area contributed by atoms with Crippen LogP contribution >= 0.6 is 11.6 Å². The number of hydrogen-bond donors (Lipinski definition) is 0. The quantitative estimate of drug-likeness (QED) is 0.526. The van der Waals surface area contributed by atoms with E-state index in [0.717, 1.165) is 44.9 Å². The number of rotatable bonds is 3. The van der Waals surface area contributed by atoms with Crippen molar-refractivity contribution in [2.45, 2.75) is 90.1 Å². The third-order valence-electron chi connectivity index (χ3n) is 6.96. The van der Waals surface area contributed by atoms with Crippen LogP contribution in [-0.2, 0) is 14.3 Å². The number of esters is 1. The Morgan fingerprint density at radius 2 is 1.97 bits per heavy atom. The molecule has 3 aliphatic rings. The number of para-hydroxylation sites is 1. The van der Waals surface area contributed by atoms with Gasteiger partial charge in [0.15, 0.2) is 6.10 Å². The Morgan fingerprint density at radius 3 is 2.69 bits per heavy atom. The van der Waals surface area contributed by atoms with Gasteiger partial charge in [0.1, 0.15) is 11.9 Å². The zero-order valence-electron chi connectivity index (χ0n) is 17.8. The Labute approximate surface area is 179 Å². The SMILES string of the molecule is CC(C)C1CC[C@H](C)C[C@@H]1OC(=O)[C@@H]1OC2(CCCCC2)Oc2c(Cl)cccc21. The molecule has 1 aromatic rings. The van der Waals surface area contributed by atoms with Gasteiger partial charge in [0.25, 0.3) is 0 Å². The fourth-order valence-corrected chi connectivity index (χ4v) is 5.50. The van der Waals surface area contributed by atoms with E-state index in [4.69, 9.17) is 25.8 Å². The Hall–Kier alpha value is -1.26. The first-order chi connectivity index (χ1) is 13.9. The number of carbonyl (C=O) groups excluding carboxylic acids is 1. The number of halogens is 1. The van der Waals surface area contributed by atoms with E-state index >= 15 is 0 Å². The number of hydrogen-bond acceptors (Lipinski definition) is 4. The van der Waals surface area contributed by atoms with Crippen LogP contribution in [0.3, 0.4) is 0 Å². The van der Waals surface area contributed by atoms with Crippen LogP contribution in [0.25, 0.3) is 0 Å². The molecule has 0 bridgehead atoms. The van der Waals surface area contributed by atoms with Crippen LogP contribution in [0.2, 0.25) is 5.02 Å². The van der Waals surface area contributed by atoms with Gasteiger partial charge in [-0.2, -0.15) is 0 Å². The maximum absolute atomic E-state index is 13.4. The summed E-state index contributed by atoms with van der Waals surface area (Å²) in [5, 5.41) is 0.528. The molecule has 1 unspecified atom stereocenters. The van der Waals surface area contributed by atoms with Crippen LogP contribution < -0.4 is 4.74 Å². The second-order valence-electron chi connectivity index (χ2n) is 9.53. The molecule has 2 fully saturated rings. The van der Waals surface area contributed by atoms with Gasteiger partial charge in [0.2, 0.25) is 5.79 Å². The summed E-state index contributed by atoms with van der Waals surface area (Å²) in [5.74, 6) is 0.981. The molecular formula is C24H33ClO4. The van der Waals surface area contributed by atoms with Crippen molar-refractivity contribution in [1.82, 2.24) is 0 Å². The van der Waals surface area contributed by atoms with Gasteiger partial charge in [-0.05, 0) is 49.5 Å². The van der Waals surface area contributed by atoms with Crippen molar-refractivity contribution in [2.24, 2.45) is 17.8 Å². The van der Waals surface area contributed by atoms with E-state index in [0.29, 0.717) is 34.1 Å². The first-order valence-corrected chi connectivity index (χ1v) is 11.6. The molecule has 1 spiro atoms. The number of benzene rings is 1. The van der Waals surface area contributed by atoms with Crippen molar-refractivity contribution in [1.29, 1.82) is 0 Å². The Kier molecular flexibility index (Phi) is 6.13. The van der Waals surface area contributed by atoms with Crippen molar-refractivity contribution in [3.8, 4) is 5.75 Å². The highest BCUT2D eigenvalue weighted by Crippen LogP contribution is 2.48. The van der Waals surface area contributed by atoms with E-state index in [1.807, 2.05) is 18.2 Å². The van der Waals surface area contributed by atoms with Crippen LogP contribution in [0.4, 0.5) is 0 Å². The molecule has 4 atom stereocenters. The lowest BCUT2D eigenvalue weighted by atomic mass is 9.75. The van der Waals surface area contributed by atoms with Crippen LogP contribution in [0.5, 0.6) is 5.75 Å². The predicted octanol–water partition coefficient (Wildman–Crippen LogP) is 6.45. The molecule has 5 heteroatoms. The summed E-state index contributed by atoms with van der Waals surface area (Å²) in [6, 6.07) is 5.52. The van der Waals surface area contributed by atoms with Gasteiger partial charge in [-0.15, -0.1) is 0 Å². The minimum absolute atomic E-state index is 0.0531. The first kappa shape index (κ1) is 21.0. The largest absolute Gasteiger partial charge is 0.460 e. The minimum Gasteiger partial charge on any atom is -0.460 e. The standard InChI is InChI=1S/C24H33ClO4/c1-15(2)17-11-10-16(3)14-20(17)27-23(26)22-18-8-7-9-19(25)21(18)28-24(29-22)12-5-4-6-13-24/h7-9,15-17,20,22H,4-6,10-14H2,1-3H3/t16-,17?,20-,22+/m0/s1. The molecule has 0 radical (unpaired) electrons. The Bertz CT molecular complexity index is 740. The molecule has 0 N–H and O–H groups in total. The molecule has 0 amide bonds. The molecular weight excluding hydrogens is 388 g/mol. The molecule has 2 saturated carbocycles. The molecule has 4 nitrogen and oxygen atoms in total. The van der Waals surface area contributed by atoms with Crippen LogP contribution in [0, 0.1) is 17.8 Å². The van der Waals surface area contributed by atoms with Gasteiger partial charge in [-0.1, -0.05) is 57.3 Å². The van der Waals surface area contributed by atoms with E-state index in [-0.39, 0.29) is 12.1 Å². The summed E-state index contributed by atoms with van der Waals surface area (Å²) in [6.45, 7) is 6.69. The van der Waals surface area contributed by atoms with Crippen molar-refractivity contribution < 1.29 is 19.0 Å². The van der Waals surface area contributed by atoms with Crippen LogP contribution in [0.1, 0.15) is 83.8 Å². The van der Waals surface area contributed by atoms with Crippen molar-refractivity contribution in [3.63, 3.8) is 0 Å². The van der Waals surface area contributed by atoms with E-state index in [1.165, 1.54) is 6.42 Å². The summed E-state index contributed by atoms with van der Waals surface area (Å²) >= 11 is 6.46. The lowest BCUT2D eigenvalue weighted by molar-refractivity contribution is -0.251. The average molecular weight is 421 g/mol. The number of fused-ring (bicyclic) bond motifs is 1. The summed E-state index contributed by atoms with van der Waals surface area (Å²) in [5.41, 5.74) is 0.684. The van der Waals surface area contributed by atoms with Gasteiger partial charge in [-0.3, -0.25) is 0 Å². The minimum atomic E-state index is -0.777. The maximum Gasteiger partial charge on any atom is 0.340 e. The smallest absolute Gasteiger partial charge is 0.340 e. The van der Waals surface area contributed by atoms with Gasteiger partial charge >= 0.3 is 5.97 Å². The van der Waals surface area contributed by atoms with Gasteiger partial charge in [0.05, 0.1) is 5.02 Å². The van der Waals surface area contributed by atoms with E-state index in [1.54, 1.807) is 0 Å². The summed E-state index contributed by atoms with van der Waals surface area (Å²) in [6.07, 6.45) is 7.16. The summed E-state index contributed by atoms with van der Waals surface area (Å²) < 4.78 is 18.8. The lowest BCUT2D eigenvalue weighted by Gasteiger charge is -2.44. The van der Waals surface area contributed by atoms with E-state index in [9.17, 15) is 4.79 Å². The third kappa shape index (κ3) is 4.29. The van der Waals surface area contributed by atoms with E-state index < -0.39 is 11.9 Å². The lowest BCUT2D eigenvalue weighted by Crippen LogP contribution is -2.47. The van der Waals surface area contributed by atoms with Crippen LogP contribution in [0.15, 0.2) is 18.2 Å². The number of ether oxygens (including phenoxy) is 3. The molecule has 2 aliphatic carbocycles. The Balaban J connectivity index is 1.60. The molecule has 4 rings (SSSR count). The molecule has 1 heterocycles. The first-order valence-electron chi connectivity index (χ1n) is 11.2. The van der Waals surface area contributed by atoms with Gasteiger partial charge in [-0.25, -0.2) is 4.79 Å². The molecule has 0 aromatic heterocycles. The highest BCUT2D eigenvalue weighted by molar-refractivity contribution is 6.32. The van der Waals surface area contributed by atoms with Crippen molar-refractivity contribution >= 4 is 17.6 Å². The molecule has 160 valence electrons. The fraction of sp³-hybridized carbons (Fsp3) is 0.708. The van der Waals surface area contributed by atoms with E-state index in [2.05, 4.69) is 20.8 Å². The molecule has 29 heavy (non-hydrogen) atoms. The third-order valence-corrected chi connectivity index (χ3v) is 7.26. The monoisotopic (exact) mass is 420 g/mol. The predicted molar refractivity (Wildman–Crippen MR) is 113 cm³/mol. The summed E-state index contributed by atoms with van der Waals surface area (Å²) in [4.78, 5) is 13.4. The van der Waals surface area contributed by atoms with Gasteiger partial charge < -0.3 is 14.2 Å². The molecule has 1 aliphatic heterocycles. The zero-order valence-corrected chi connectivity index (χ0v) is 18.5. The molecule has 0 saturated heterocycles. The fourth-order valence-electron chi connectivity index (χ4n) is 5.27. The highest BCUT2D eigenvalue weighted by Gasteiger charge is 2.47. The number of carbonyl (C=O) groups is 1. The normalized spacial score (nSPS) is 31.2. The van der Waals surface area contributed by atoms with Crippen molar-refractivity contribution in [3.05, 3.63) is 28.8 Å². The second-order valence-corrected chi connectivity index (χ2v) is 9.94. The topological polar surface area (TPSA) is 44.8 Å². The van der Waals surface area contributed by atoms with Crippen molar-refractivity contribution in [2.75, 3.05) is 0 Å². The zero-order chi connectivity index (χ0) is 20.6. The average Bonchev–Trinajstić information content (AvgIpc) is 2.69. The maximum atomic E-state index is 13.4. The highest BCUT2D eigenvalue weighted by atomic mass is 35.5. The van der Waals surface area contributed by atoms with Crippen LogP contribution in [-0.4, -0.2) is 17.9 Å². The second kappa shape index (κ2) is 8.47. The molecule has 1 aromatic carbocycles. The van der Waals surface area contributed by atoms with Gasteiger partial charge in [0, 0.05) is 18.4 Å².